The van der Waals surface area contributed by atoms with E-state index >= 15 is 0 Å². The van der Waals surface area contributed by atoms with E-state index in [1.165, 1.54) is 25.1 Å². The molecule has 2 aromatic heterocycles. The Morgan fingerprint density at radius 1 is 1.19 bits per heavy atom. The number of hydrogen-bond acceptors (Lipinski definition) is 5. The number of hydrogen-bond donors (Lipinski definition) is 0. The third-order valence-corrected chi connectivity index (χ3v) is 4.89. The van der Waals surface area contributed by atoms with E-state index in [9.17, 15) is 9.18 Å². The maximum Gasteiger partial charge on any atom is 0.257 e. The summed E-state index contributed by atoms with van der Waals surface area (Å²) in [4.78, 5) is 24.6. The Morgan fingerprint density at radius 3 is 2.85 bits per heavy atom. The molecular formula is C19H21FN4O2. The number of nitrogens with zero attached hydrogens (tertiary/aromatic N) is 4. The van der Waals surface area contributed by atoms with Crippen LogP contribution in [0.25, 0.3) is 0 Å². The zero-order valence-corrected chi connectivity index (χ0v) is 14.5. The molecule has 2 saturated heterocycles. The summed E-state index contributed by atoms with van der Waals surface area (Å²) < 4.78 is 20.0. The molecule has 2 aromatic rings. The van der Waals surface area contributed by atoms with Crippen LogP contribution >= 0.6 is 0 Å². The highest BCUT2D eigenvalue weighted by atomic mass is 19.1. The lowest BCUT2D eigenvalue weighted by molar-refractivity contribution is 0.0767. The molecule has 0 N–H and O–H groups in total. The summed E-state index contributed by atoms with van der Waals surface area (Å²) in [5, 5.41) is 0. The van der Waals surface area contributed by atoms with Gasteiger partial charge in [0.2, 0.25) is 0 Å². The maximum atomic E-state index is 13.8. The number of amides is 1. The highest BCUT2D eigenvalue weighted by molar-refractivity contribution is 5.94. The summed E-state index contributed by atoms with van der Waals surface area (Å²) >= 11 is 0. The van der Waals surface area contributed by atoms with Gasteiger partial charge in [0.1, 0.15) is 6.10 Å². The van der Waals surface area contributed by atoms with Crippen molar-refractivity contribution in [2.45, 2.75) is 25.4 Å². The Labute approximate surface area is 151 Å². The minimum Gasteiger partial charge on any atom is -0.485 e. The topological polar surface area (TPSA) is 58.6 Å². The van der Waals surface area contributed by atoms with Crippen LogP contribution < -0.4 is 9.64 Å². The molecule has 0 aliphatic carbocycles. The van der Waals surface area contributed by atoms with Crippen LogP contribution in [0, 0.1) is 5.82 Å². The number of likely N-dealkylation sites (tertiary alicyclic amines) is 1. The molecule has 0 bridgehead atoms. The van der Waals surface area contributed by atoms with Crippen molar-refractivity contribution in [1.82, 2.24) is 14.9 Å². The molecule has 4 heterocycles. The van der Waals surface area contributed by atoms with Gasteiger partial charge in [-0.2, -0.15) is 0 Å². The number of ether oxygens (including phenoxy) is 1. The standard InChI is InChI=1S/C19H21FN4O2/c20-16-12-21-8-5-15(16)19(25)24-11-6-14(13-24)26-17-4-3-7-22-18(17)23-9-1-2-10-23/h3-5,7-8,12,14H,1-2,6,9-11,13H2. The quantitative estimate of drug-likeness (QED) is 0.842. The second-order valence-electron chi connectivity index (χ2n) is 6.65. The summed E-state index contributed by atoms with van der Waals surface area (Å²) in [6.07, 6.45) is 7.20. The Bertz CT molecular complexity index is 795. The summed E-state index contributed by atoms with van der Waals surface area (Å²) in [6, 6.07) is 5.20. The van der Waals surface area contributed by atoms with E-state index in [1.54, 1.807) is 11.1 Å². The van der Waals surface area contributed by atoms with Gasteiger partial charge in [-0.15, -0.1) is 0 Å². The zero-order chi connectivity index (χ0) is 17.9. The van der Waals surface area contributed by atoms with E-state index in [0.717, 1.165) is 30.9 Å². The molecule has 6 nitrogen and oxygen atoms in total. The molecule has 1 amide bonds. The third-order valence-electron chi connectivity index (χ3n) is 4.89. The fourth-order valence-electron chi connectivity index (χ4n) is 3.55. The third kappa shape index (κ3) is 3.34. The van der Waals surface area contributed by atoms with Gasteiger partial charge in [-0.25, -0.2) is 9.37 Å². The summed E-state index contributed by atoms with van der Waals surface area (Å²) in [5.41, 5.74) is 0.0554. The number of aromatic nitrogens is 2. The molecular weight excluding hydrogens is 335 g/mol. The second-order valence-corrected chi connectivity index (χ2v) is 6.65. The van der Waals surface area contributed by atoms with E-state index in [4.69, 9.17) is 4.74 Å². The number of pyridine rings is 2. The molecule has 0 spiro atoms. The van der Waals surface area contributed by atoms with Crippen molar-refractivity contribution in [3.63, 3.8) is 0 Å². The van der Waals surface area contributed by atoms with Gasteiger partial charge in [0.15, 0.2) is 17.4 Å². The van der Waals surface area contributed by atoms with E-state index in [-0.39, 0.29) is 17.6 Å². The van der Waals surface area contributed by atoms with Crippen molar-refractivity contribution in [2.24, 2.45) is 0 Å². The number of rotatable bonds is 4. The minimum atomic E-state index is -0.592. The number of carbonyl (C=O) groups is 1. The molecule has 0 radical (unpaired) electrons. The number of carbonyl (C=O) groups excluding carboxylic acids is 1. The average molecular weight is 356 g/mol. The first kappa shape index (κ1) is 16.8. The minimum absolute atomic E-state index is 0.0554. The van der Waals surface area contributed by atoms with Gasteiger partial charge in [-0.1, -0.05) is 0 Å². The van der Waals surface area contributed by atoms with Crippen LogP contribution in [0.4, 0.5) is 10.2 Å². The van der Waals surface area contributed by atoms with E-state index in [1.807, 2.05) is 12.1 Å². The van der Waals surface area contributed by atoms with Gasteiger partial charge in [-0.3, -0.25) is 9.78 Å². The first-order valence-electron chi connectivity index (χ1n) is 8.98. The summed E-state index contributed by atoms with van der Waals surface area (Å²) in [5.74, 6) is 0.714. The van der Waals surface area contributed by atoms with Gasteiger partial charge < -0.3 is 14.5 Å². The Kier molecular flexibility index (Phi) is 4.69. The first-order valence-corrected chi connectivity index (χ1v) is 8.98. The Balaban J connectivity index is 1.44. The zero-order valence-electron chi connectivity index (χ0n) is 14.5. The molecule has 2 fully saturated rings. The molecule has 0 saturated carbocycles. The van der Waals surface area contributed by atoms with E-state index in [2.05, 4.69) is 14.9 Å². The van der Waals surface area contributed by atoms with Crippen LogP contribution in [0.15, 0.2) is 36.8 Å². The summed E-state index contributed by atoms with van der Waals surface area (Å²) in [6.45, 7) is 2.97. The molecule has 0 aromatic carbocycles. The maximum absolute atomic E-state index is 13.8. The van der Waals surface area contributed by atoms with Crippen molar-refractivity contribution in [3.05, 3.63) is 48.2 Å². The highest BCUT2D eigenvalue weighted by Gasteiger charge is 2.30. The van der Waals surface area contributed by atoms with Gasteiger partial charge in [-0.05, 0) is 31.0 Å². The molecule has 136 valence electrons. The molecule has 2 aliphatic heterocycles. The number of anilines is 1. The van der Waals surface area contributed by atoms with Crippen molar-refractivity contribution >= 4 is 11.7 Å². The number of halogens is 1. The second kappa shape index (κ2) is 7.27. The van der Waals surface area contributed by atoms with Crippen LogP contribution in [0.3, 0.4) is 0 Å². The molecule has 7 heteroatoms. The van der Waals surface area contributed by atoms with Gasteiger partial charge in [0.05, 0.1) is 18.3 Å². The largest absolute Gasteiger partial charge is 0.485 e. The molecule has 1 atom stereocenters. The normalized spacial score (nSPS) is 19.8. The monoisotopic (exact) mass is 356 g/mol. The Hall–Kier alpha value is -2.70. The van der Waals surface area contributed by atoms with Gasteiger partial charge >= 0.3 is 0 Å². The summed E-state index contributed by atoms with van der Waals surface area (Å²) in [7, 11) is 0. The lowest BCUT2D eigenvalue weighted by atomic mass is 10.2. The van der Waals surface area contributed by atoms with Crippen LogP contribution in [0.1, 0.15) is 29.6 Å². The van der Waals surface area contributed by atoms with Crippen molar-refractivity contribution in [1.29, 1.82) is 0 Å². The first-order chi connectivity index (χ1) is 12.7. The predicted octanol–water partition coefficient (Wildman–Crippen LogP) is 2.51. The molecule has 1 unspecified atom stereocenters. The molecule has 2 aliphatic rings. The lowest BCUT2D eigenvalue weighted by Gasteiger charge is -2.22. The van der Waals surface area contributed by atoms with Crippen LogP contribution in [-0.4, -0.2) is 53.1 Å². The average Bonchev–Trinajstić information content (AvgIpc) is 3.34. The van der Waals surface area contributed by atoms with Crippen LogP contribution in [-0.2, 0) is 0 Å². The van der Waals surface area contributed by atoms with Gasteiger partial charge in [0.25, 0.3) is 5.91 Å². The fourth-order valence-corrected chi connectivity index (χ4v) is 3.55. The Morgan fingerprint density at radius 2 is 2.04 bits per heavy atom. The van der Waals surface area contributed by atoms with Crippen molar-refractivity contribution in [3.8, 4) is 5.75 Å². The SMILES string of the molecule is O=C(c1ccncc1F)N1CCC(Oc2cccnc2N2CCCC2)C1. The smallest absolute Gasteiger partial charge is 0.257 e. The van der Waals surface area contributed by atoms with E-state index < -0.39 is 5.82 Å². The fraction of sp³-hybridized carbons (Fsp3) is 0.421. The van der Waals surface area contributed by atoms with Crippen molar-refractivity contribution < 1.29 is 13.9 Å². The molecule has 4 rings (SSSR count). The van der Waals surface area contributed by atoms with E-state index in [0.29, 0.717) is 19.5 Å². The van der Waals surface area contributed by atoms with Crippen LogP contribution in [0.5, 0.6) is 5.75 Å². The molecule has 26 heavy (non-hydrogen) atoms. The van der Waals surface area contributed by atoms with Crippen molar-refractivity contribution in [2.75, 3.05) is 31.1 Å². The lowest BCUT2D eigenvalue weighted by Crippen LogP contribution is -2.31. The predicted molar refractivity (Wildman–Crippen MR) is 94.8 cm³/mol. The highest BCUT2D eigenvalue weighted by Crippen LogP contribution is 2.30. The van der Waals surface area contributed by atoms with Crippen LogP contribution in [0.2, 0.25) is 0 Å². The van der Waals surface area contributed by atoms with Gasteiger partial charge in [0, 0.05) is 38.4 Å².